The van der Waals surface area contributed by atoms with Crippen LogP contribution in [0.3, 0.4) is 0 Å². The van der Waals surface area contributed by atoms with Crippen LogP contribution in [0.1, 0.15) is 10.6 Å². The summed E-state index contributed by atoms with van der Waals surface area (Å²) in [7, 11) is 0. The first kappa shape index (κ1) is 12.2. The van der Waals surface area contributed by atoms with Crippen molar-refractivity contribution in [2.75, 3.05) is 0 Å². The summed E-state index contributed by atoms with van der Waals surface area (Å²) < 4.78 is 1.79. The van der Waals surface area contributed by atoms with Crippen LogP contribution in [0.5, 0.6) is 0 Å². The summed E-state index contributed by atoms with van der Waals surface area (Å²) in [4.78, 5) is 4.92. The fraction of sp³-hybridized carbons (Fsp3) is 0.0667. The van der Waals surface area contributed by atoms with E-state index in [9.17, 15) is 0 Å². The molecular weight excluding hydrogens is 282 g/mol. The predicted molar refractivity (Wildman–Crippen MR) is 81.1 cm³/mol. The molecule has 0 saturated heterocycles. The molecule has 1 aromatic carbocycles. The second kappa shape index (κ2) is 5.06. The van der Waals surface area contributed by atoms with Gasteiger partial charge < -0.3 is 0 Å². The molecule has 0 N–H and O–H groups in total. The molecular formula is C15H11N5S. The maximum Gasteiger partial charge on any atom is 0.234 e. The molecule has 0 bridgehead atoms. The molecule has 0 aliphatic rings. The molecule has 0 fully saturated rings. The van der Waals surface area contributed by atoms with Gasteiger partial charge in [-0.2, -0.15) is 9.61 Å². The summed E-state index contributed by atoms with van der Waals surface area (Å²) >= 11 is 1.57. The highest BCUT2D eigenvalue weighted by Gasteiger charge is 2.13. The Kier molecular flexibility index (Phi) is 2.93. The molecule has 0 aliphatic heterocycles. The third-order valence-electron chi connectivity index (χ3n) is 3.15. The highest BCUT2D eigenvalue weighted by atomic mass is 32.1. The second-order valence-electron chi connectivity index (χ2n) is 4.62. The number of pyridine rings is 1. The van der Waals surface area contributed by atoms with Crippen LogP contribution in [-0.4, -0.2) is 24.8 Å². The lowest BCUT2D eigenvalue weighted by molar-refractivity contribution is 0.917. The molecule has 6 heteroatoms. The van der Waals surface area contributed by atoms with Crippen LogP contribution in [0.25, 0.3) is 16.3 Å². The number of aromatic nitrogens is 5. The van der Waals surface area contributed by atoms with Gasteiger partial charge in [-0.1, -0.05) is 41.7 Å². The van der Waals surface area contributed by atoms with Gasteiger partial charge in [0.2, 0.25) is 4.96 Å². The number of rotatable bonds is 3. The zero-order chi connectivity index (χ0) is 14.1. The highest BCUT2D eigenvalue weighted by molar-refractivity contribution is 7.16. The molecule has 4 rings (SSSR count). The summed E-state index contributed by atoms with van der Waals surface area (Å²) in [6, 6.07) is 14.1. The summed E-state index contributed by atoms with van der Waals surface area (Å²) in [5.41, 5.74) is 2.16. The smallest absolute Gasteiger partial charge is 0.234 e. The first-order valence-electron chi connectivity index (χ1n) is 6.55. The van der Waals surface area contributed by atoms with Crippen molar-refractivity contribution in [1.29, 1.82) is 0 Å². The van der Waals surface area contributed by atoms with Crippen LogP contribution in [0.2, 0.25) is 0 Å². The average molecular weight is 293 g/mol. The number of nitrogens with zero attached hydrogens (tertiary/aromatic N) is 5. The van der Waals surface area contributed by atoms with Gasteiger partial charge in [0.05, 0.1) is 0 Å². The van der Waals surface area contributed by atoms with E-state index >= 15 is 0 Å². The summed E-state index contributed by atoms with van der Waals surface area (Å²) in [6.07, 6.45) is 4.32. The molecule has 0 amide bonds. The van der Waals surface area contributed by atoms with Crippen molar-refractivity contribution in [3.05, 3.63) is 65.4 Å². The van der Waals surface area contributed by atoms with Gasteiger partial charge in [0.15, 0.2) is 5.82 Å². The van der Waals surface area contributed by atoms with Crippen molar-refractivity contribution in [2.24, 2.45) is 0 Å². The van der Waals surface area contributed by atoms with Crippen LogP contribution < -0.4 is 0 Å². The first-order valence-corrected chi connectivity index (χ1v) is 7.37. The van der Waals surface area contributed by atoms with Gasteiger partial charge in [0.25, 0.3) is 0 Å². The van der Waals surface area contributed by atoms with Crippen LogP contribution >= 0.6 is 11.3 Å². The maximum atomic E-state index is 4.63. The molecule has 0 radical (unpaired) electrons. The summed E-state index contributed by atoms with van der Waals surface area (Å²) in [5, 5.41) is 14.0. The summed E-state index contributed by atoms with van der Waals surface area (Å²) in [6.45, 7) is 0. The largest absolute Gasteiger partial charge is 0.264 e. The number of fused-ring (bicyclic) bond motifs is 1. The third-order valence-corrected chi connectivity index (χ3v) is 4.05. The van der Waals surface area contributed by atoms with Gasteiger partial charge in [0, 0.05) is 24.4 Å². The fourth-order valence-corrected chi connectivity index (χ4v) is 3.04. The molecule has 3 aromatic heterocycles. The molecule has 4 aromatic rings. The topological polar surface area (TPSA) is 56.0 Å². The lowest BCUT2D eigenvalue weighted by atomic mass is 10.2. The van der Waals surface area contributed by atoms with E-state index in [0.29, 0.717) is 0 Å². The summed E-state index contributed by atoms with van der Waals surface area (Å²) in [5.74, 6) is 0.730. The number of hydrogen-bond donors (Lipinski definition) is 0. The quantitative estimate of drug-likeness (QED) is 0.583. The molecule has 21 heavy (non-hydrogen) atoms. The van der Waals surface area contributed by atoms with Crippen LogP contribution in [-0.2, 0) is 6.42 Å². The average Bonchev–Trinajstić information content (AvgIpc) is 3.09. The van der Waals surface area contributed by atoms with E-state index in [4.69, 9.17) is 0 Å². The molecule has 0 saturated carbocycles. The van der Waals surface area contributed by atoms with Crippen molar-refractivity contribution < 1.29 is 0 Å². The van der Waals surface area contributed by atoms with Gasteiger partial charge in [0.1, 0.15) is 5.01 Å². The van der Waals surface area contributed by atoms with Crippen LogP contribution in [0, 0.1) is 0 Å². The van der Waals surface area contributed by atoms with Crippen molar-refractivity contribution in [3.63, 3.8) is 0 Å². The maximum absolute atomic E-state index is 4.63. The molecule has 3 heterocycles. The third kappa shape index (κ3) is 2.30. The van der Waals surface area contributed by atoms with E-state index in [1.165, 1.54) is 5.56 Å². The molecule has 0 spiro atoms. The first-order chi connectivity index (χ1) is 10.4. The van der Waals surface area contributed by atoms with Crippen molar-refractivity contribution in [2.45, 2.75) is 6.42 Å². The molecule has 0 unspecified atom stereocenters. The Hall–Kier alpha value is -2.60. The van der Waals surface area contributed by atoms with E-state index in [0.717, 1.165) is 27.8 Å². The Labute approximate surface area is 124 Å². The Morgan fingerprint density at radius 2 is 1.90 bits per heavy atom. The highest BCUT2D eigenvalue weighted by Crippen LogP contribution is 2.22. The minimum Gasteiger partial charge on any atom is -0.264 e. The van der Waals surface area contributed by atoms with Gasteiger partial charge in [-0.15, -0.1) is 10.2 Å². The lowest BCUT2D eigenvalue weighted by Crippen LogP contribution is -1.93. The van der Waals surface area contributed by atoms with Crippen molar-refractivity contribution in [1.82, 2.24) is 24.8 Å². The second-order valence-corrected chi connectivity index (χ2v) is 5.66. The van der Waals surface area contributed by atoms with E-state index in [2.05, 4.69) is 32.4 Å². The van der Waals surface area contributed by atoms with Crippen molar-refractivity contribution >= 4 is 16.3 Å². The molecule has 5 nitrogen and oxygen atoms in total. The zero-order valence-corrected chi connectivity index (χ0v) is 11.9. The Bertz CT molecular complexity index is 867. The Morgan fingerprint density at radius 1 is 1.00 bits per heavy atom. The van der Waals surface area contributed by atoms with Gasteiger partial charge in [-0.05, 0) is 17.7 Å². The van der Waals surface area contributed by atoms with E-state index in [1.54, 1.807) is 28.2 Å². The predicted octanol–water partition coefficient (Wildman–Crippen LogP) is 2.84. The fourth-order valence-electron chi connectivity index (χ4n) is 2.17. The minimum atomic E-state index is 0.730. The van der Waals surface area contributed by atoms with Crippen LogP contribution in [0.4, 0.5) is 0 Å². The monoisotopic (exact) mass is 293 g/mol. The van der Waals surface area contributed by atoms with E-state index in [-0.39, 0.29) is 0 Å². The van der Waals surface area contributed by atoms with Gasteiger partial charge in [-0.3, -0.25) is 4.98 Å². The molecule has 0 atom stereocenters. The number of hydrogen-bond acceptors (Lipinski definition) is 5. The van der Waals surface area contributed by atoms with Crippen molar-refractivity contribution in [3.8, 4) is 11.4 Å². The van der Waals surface area contributed by atoms with Crippen LogP contribution in [0.15, 0.2) is 54.9 Å². The van der Waals surface area contributed by atoms with E-state index < -0.39 is 0 Å². The molecule has 102 valence electrons. The van der Waals surface area contributed by atoms with Gasteiger partial charge >= 0.3 is 0 Å². The minimum absolute atomic E-state index is 0.730. The zero-order valence-electron chi connectivity index (χ0n) is 11.0. The lowest BCUT2D eigenvalue weighted by Gasteiger charge is -1.96. The SMILES string of the molecule is c1ccc(Cc2nn3c(-c4cccnc4)nnc3s2)cc1. The Morgan fingerprint density at radius 3 is 2.71 bits per heavy atom. The molecule has 0 aliphatic carbocycles. The normalized spacial score (nSPS) is 11.0. The van der Waals surface area contributed by atoms with Gasteiger partial charge in [-0.25, -0.2) is 0 Å². The number of benzene rings is 1. The Balaban J connectivity index is 1.73. The standard InChI is InChI=1S/C15H11N5S/c1-2-5-11(6-3-1)9-13-19-20-14(17-18-15(20)21-13)12-7-4-8-16-10-12/h1-8,10H,9H2. The van der Waals surface area contributed by atoms with E-state index in [1.807, 2.05) is 30.3 Å².